The molecule has 1 aliphatic rings. The molecule has 1 aliphatic heterocycles. The molecule has 2 aromatic rings. The maximum absolute atomic E-state index is 11.9. The van der Waals surface area contributed by atoms with E-state index in [4.69, 9.17) is 4.74 Å². The lowest BCUT2D eigenvalue weighted by Crippen LogP contribution is -2.14. The minimum Gasteiger partial charge on any atom is -0.357 e. The highest BCUT2D eigenvalue weighted by Gasteiger charge is 2.18. The van der Waals surface area contributed by atoms with E-state index in [1.165, 1.54) is 11.8 Å². The van der Waals surface area contributed by atoms with Gasteiger partial charge in [-0.15, -0.1) is 0 Å². The lowest BCUT2D eigenvalue weighted by Gasteiger charge is -2.10. The summed E-state index contributed by atoms with van der Waals surface area (Å²) in [5, 5.41) is 12.8. The van der Waals surface area contributed by atoms with E-state index < -0.39 is 5.56 Å². The van der Waals surface area contributed by atoms with Crippen LogP contribution in [0.5, 0.6) is 0 Å². The van der Waals surface area contributed by atoms with E-state index in [0.717, 1.165) is 17.7 Å². The summed E-state index contributed by atoms with van der Waals surface area (Å²) in [6, 6.07) is 9.54. The largest absolute Gasteiger partial charge is 0.357 e. The normalized spacial score (nSPS) is 17.4. The number of hydrogen-bond acceptors (Lipinski definition) is 6. The molecular weight excluding hydrogens is 300 g/mol. The molecule has 1 unspecified atom stereocenters. The lowest BCUT2D eigenvalue weighted by atomic mass is 10.0. The monoisotopic (exact) mass is 314 g/mol. The fourth-order valence-corrected chi connectivity index (χ4v) is 2.72. The molecule has 1 atom stereocenters. The Hall–Kier alpha value is -2.14. The molecule has 6 nitrogen and oxygen atoms in total. The van der Waals surface area contributed by atoms with Crippen molar-refractivity contribution in [3.63, 3.8) is 0 Å². The summed E-state index contributed by atoms with van der Waals surface area (Å²) in [6.45, 7) is 1.33. The second kappa shape index (κ2) is 6.32. The van der Waals surface area contributed by atoms with Gasteiger partial charge in [-0.2, -0.15) is 5.26 Å². The topological polar surface area (TPSA) is 90.8 Å². The molecule has 0 aliphatic carbocycles. The summed E-state index contributed by atoms with van der Waals surface area (Å²) in [7, 11) is 0. The van der Waals surface area contributed by atoms with E-state index in [0.29, 0.717) is 17.6 Å². The molecular formula is C15H14N4O2S. The number of nitrogens with one attached hydrogen (secondary N) is 2. The molecule has 1 aromatic heterocycles. The fraction of sp³-hybridized carbons (Fsp3) is 0.267. The van der Waals surface area contributed by atoms with Crippen LogP contribution in [-0.4, -0.2) is 29.5 Å². The van der Waals surface area contributed by atoms with Crippen LogP contribution < -0.4 is 10.9 Å². The second-order valence-electron chi connectivity index (χ2n) is 4.79. The van der Waals surface area contributed by atoms with Gasteiger partial charge in [-0.25, -0.2) is 4.98 Å². The maximum Gasteiger partial charge on any atom is 0.270 e. The molecule has 0 bridgehead atoms. The average Bonchev–Trinajstić information content (AvgIpc) is 3.08. The number of aromatic nitrogens is 2. The Morgan fingerprint density at radius 3 is 2.77 bits per heavy atom. The smallest absolute Gasteiger partial charge is 0.270 e. The summed E-state index contributed by atoms with van der Waals surface area (Å²) in [6.07, 6.45) is 1.86. The van der Waals surface area contributed by atoms with Crippen LogP contribution >= 0.6 is 11.8 Å². The van der Waals surface area contributed by atoms with Gasteiger partial charge in [0.1, 0.15) is 11.6 Å². The third-order valence-corrected chi connectivity index (χ3v) is 4.06. The van der Waals surface area contributed by atoms with E-state index in [1.54, 1.807) is 0 Å². The van der Waals surface area contributed by atoms with Gasteiger partial charge in [-0.1, -0.05) is 36.0 Å². The molecule has 0 radical (unpaired) electrons. The van der Waals surface area contributed by atoms with Gasteiger partial charge in [0.15, 0.2) is 5.16 Å². The van der Waals surface area contributed by atoms with Crippen LogP contribution in [0.25, 0.3) is 11.3 Å². The van der Waals surface area contributed by atoms with Crippen molar-refractivity contribution in [2.24, 2.45) is 0 Å². The minimum atomic E-state index is -0.413. The molecule has 7 heteroatoms. The predicted octanol–water partition coefficient (Wildman–Crippen LogP) is 1.65. The summed E-state index contributed by atoms with van der Waals surface area (Å²) < 4.78 is 5.55. The Bertz CT molecular complexity index is 774. The van der Waals surface area contributed by atoms with E-state index in [-0.39, 0.29) is 11.7 Å². The first-order valence-corrected chi connectivity index (χ1v) is 7.96. The van der Waals surface area contributed by atoms with Gasteiger partial charge in [0.25, 0.3) is 5.56 Å². The van der Waals surface area contributed by atoms with E-state index in [9.17, 15) is 10.1 Å². The number of nitrogens with zero attached hydrogens (tertiary/aromatic N) is 2. The highest BCUT2D eigenvalue weighted by molar-refractivity contribution is 7.98. The Labute approximate surface area is 131 Å². The Morgan fingerprint density at radius 1 is 1.41 bits per heavy atom. The van der Waals surface area contributed by atoms with Crippen LogP contribution in [0.3, 0.4) is 0 Å². The molecule has 0 spiro atoms. The molecule has 2 heterocycles. The van der Waals surface area contributed by atoms with Gasteiger partial charge in [0.2, 0.25) is 0 Å². The van der Waals surface area contributed by atoms with Gasteiger partial charge in [-0.05, 0) is 11.8 Å². The Morgan fingerprint density at radius 2 is 2.18 bits per heavy atom. The lowest BCUT2D eigenvalue weighted by molar-refractivity contribution is 0.114. The van der Waals surface area contributed by atoms with Crippen molar-refractivity contribution in [2.75, 3.05) is 19.5 Å². The highest BCUT2D eigenvalue weighted by atomic mass is 32.2. The number of benzene rings is 1. The zero-order valence-electron chi connectivity index (χ0n) is 11.9. The SMILES string of the molecule is CSc1nc(-c2ccc(C3CNCO3)cc2)c(C#N)c(=O)[nH]1. The van der Waals surface area contributed by atoms with Crippen molar-refractivity contribution in [3.8, 4) is 17.3 Å². The molecule has 1 fully saturated rings. The maximum atomic E-state index is 11.9. The fourth-order valence-electron chi connectivity index (χ4n) is 2.34. The minimum absolute atomic E-state index is 0.0318. The van der Waals surface area contributed by atoms with Crippen molar-refractivity contribution in [2.45, 2.75) is 11.3 Å². The van der Waals surface area contributed by atoms with Crippen LogP contribution in [0.2, 0.25) is 0 Å². The highest BCUT2D eigenvalue weighted by Crippen LogP contribution is 2.25. The number of nitriles is 1. The number of ether oxygens (including phenoxy) is 1. The summed E-state index contributed by atoms with van der Waals surface area (Å²) in [4.78, 5) is 18.9. The van der Waals surface area contributed by atoms with Crippen molar-refractivity contribution < 1.29 is 4.74 Å². The van der Waals surface area contributed by atoms with Crippen LogP contribution in [0, 0.1) is 11.3 Å². The van der Waals surface area contributed by atoms with Crippen molar-refractivity contribution >= 4 is 11.8 Å². The molecule has 1 saturated heterocycles. The second-order valence-corrected chi connectivity index (χ2v) is 5.58. The predicted molar refractivity (Wildman–Crippen MR) is 83.5 cm³/mol. The number of thioether (sulfide) groups is 1. The first kappa shape index (κ1) is 14.8. The Balaban J connectivity index is 2.02. The van der Waals surface area contributed by atoms with Crippen LogP contribution in [0.15, 0.2) is 34.2 Å². The number of hydrogen-bond donors (Lipinski definition) is 2. The molecule has 1 aromatic carbocycles. The first-order chi connectivity index (χ1) is 10.7. The van der Waals surface area contributed by atoms with Crippen LogP contribution in [0.1, 0.15) is 17.2 Å². The number of aromatic amines is 1. The molecule has 112 valence electrons. The van der Waals surface area contributed by atoms with Crippen LogP contribution in [0.4, 0.5) is 0 Å². The van der Waals surface area contributed by atoms with Crippen LogP contribution in [-0.2, 0) is 4.74 Å². The first-order valence-electron chi connectivity index (χ1n) is 6.74. The van der Waals surface area contributed by atoms with Gasteiger partial charge in [0, 0.05) is 12.1 Å². The van der Waals surface area contributed by atoms with Gasteiger partial charge >= 0.3 is 0 Å². The molecule has 22 heavy (non-hydrogen) atoms. The van der Waals surface area contributed by atoms with Crippen molar-refractivity contribution in [1.82, 2.24) is 15.3 Å². The average molecular weight is 314 g/mol. The van der Waals surface area contributed by atoms with E-state index in [1.807, 2.05) is 36.6 Å². The number of rotatable bonds is 3. The summed E-state index contributed by atoms with van der Waals surface area (Å²) in [5.74, 6) is 0. The zero-order chi connectivity index (χ0) is 15.5. The van der Waals surface area contributed by atoms with Crippen molar-refractivity contribution in [1.29, 1.82) is 5.26 Å². The molecule has 3 rings (SSSR count). The quantitative estimate of drug-likeness (QED) is 0.661. The van der Waals surface area contributed by atoms with E-state index in [2.05, 4.69) is 15.3 Å². The number of H-pyrrole nitrogens is 1. The standard InChI is InChI=1S/C15H14N4O2S/c1-22-15-18-13(11(6-16)14(20)19-15)10-4-2-9(3-5-10)12-7-17-8-21-12/h2-5,12,17H,7-8H2,1H3,(H,18,19,20). The summed E-state index contributed by atoms with van der Waals surface area (Å²) >= 11 is 1.33. The molecule has 0 saturated carbocycles. The molecule has 2 N–H and O–H groups in total. The van der Waals surface area contributed by atoms with Crippen molar-refractivity contribution in [3.05, 3.63) is 45.7 Å². The van der Waals surface area contributed by atoms with Gasteiger partial charge in [0.05, 0.1) is 18.5 Å². The van der Waals surface area contributed by atoms with E-state index >= 15 is 0 Å². The molecule has 0 amide bonds. The third kappa shape index (κ3) is 2.76. The summed E-state index contributed by atoms with van der Waals surface area (Å²) in [5.41, 5.74) is 1.83. The zero-order valence-corrected chi connectivity index (χ0v) is 12.7. The third-order valence-electron chi connectivity index (χ3n) is 3.48. The van der Waals surface area contributed by atoms with Gasteiger partial charge in [-0.3, -0.25) is 10.1 Å². The van der Waals surface area contributed by atoms with Gasteiger partial charge < -0.3 is 9.72 Å². The Kier molecular flexibility index (Phi) is 4.24.